The summed E-state index contributed by atoms with van der Waals surface area (Å²) in [6.45, 7) is 8.61. The Balaban J connectivity index is 2.21. The zero-order valence-corrected chi connectivity index (χ0v) is 14.7. The molecule has 2 aromatic rings. The van der Waals surface area contributed by atoms with Crippen LogP contribution >= 0.6 is 0 Å². The number of hydrogen-bond donors (Lipinski definition) is 2. The molecule has 6 nitrogen and oxygen atoms in total. The molecule has 6 heteroatoms. The van der Waals surface area contributed by atoms with Gasteiger partial charge in [0.15, 0.2) is 5.82 Å². The standard InChI is InChI=1S/C18H25N3O3/c1-12(9-10-22)11-19-15(23)13-7-5-6-8-14(13)16-20-17(21-24-16)18(2,3)4/h5-8,12,22H,9-11H2,1-4H3,(H,19,23). The number of aromatic nitrogens is 2. The van der Waals surface area contributed by atoms with Crippen molar-refractivity contribution < 1.29 is 14.4 Å². The summed E-state index contributed by atoms with van der Waals surface area (Å²) in [4.78, 5) is 16.9. The van der Waals surface area contributed by atoms with E-state index in [4.69, 9.17) is 9.63 Å². The molecule has 0 aliphatic carbocycles. The van der Waals surface area contributed by atoms with E-state index >= 15 is 0 Å². The molecular weight excluding hydrogens is 306 g/mol. The number of amides is 1. The van der Waals surface area contributed by atoms with Gasteiger partial charge in [-0.3, -0.25) is 4.79 Å². The number of nitrogens with one attached hydrogen (secondary N) is 1. The second-order valence-corrected chi connectivity index (χ2v) is 7.05. The van der Waals surface area contributed by atoms with Crippen LogP contribution in [-0.4, -0.2) is 34.3 Å². The smallest absolute Gasteiger partial charge is 0.258 e. The summed E-state index contributed by atoms with van der Waals surface area (Å²) in [6.07, 6.45) is 0.653. The van der Waals surface area contributed by atoms with Crippen molar-refractivity contribution in [1.82, 2.24) is 15.5 Å². The molecule has 1 heterocycles. The lowest BCUT2D eigenvalue weighted by Gasteiger charge is -2.12. The Morgan fingerprint density at radius 1 is 1.33 bits per heavy atom. The predicted octanol–water partition coefficient (Wildman–Crippen LogP) is 2.78. The van der Waals surface area contributed by atoms with Crippen LogP contribution in [-0.2, 0) is 5.41 Å². The molecule has 130 valence electrons. The van der Waals surface area contributed by atoms with E-state index in [1.54, 1.807) is 18.2 Å². The number of carbonyl (C=O) groups excluding carboxylic acids is 1. The van der Waals surface area contributed by atoms with E-state index in [9.17, 15) is 4.79 Å². The molecule has 1 aromatic carbocycles. The second kappa shape index (κ2) is 7.57. The van der Waals surface area contributed by atoms with Gasteiger partial charge in [0.1, 0.15) is 0 Å². The van der Waals surface area contributed by atoms with Crippen molar-refractivity contribution in [1.29, 1.82) is 0 Å². The third-order valence-electron chi connectivity index (χ3n) is 3.73. The Morgan fingerprint density at radius 3 is 2.67 bits per heavy atom. The predicted molar refractivity (Wildman–Crippen MR) is 91.6 cm³/mol. The van der Waals surface area contributed by atoms with Crippen LogP contribution in [0.15, 0.2) is 28.8 Å². The van der Waals surface area contributed by atoms with Crippen LogP contribution in [0.1, 0.15) is 50.3 Å². The lowest BCUT2D eigenvalue weighted by Crippen LogP contribution is -2.29. The first-order chi connectivity index (χ1) is 11.3. The fourth-order valence-corrected chi connectivity index (χ4v) is 2.19. The first-order valence-electron chi connectivity index (χ1n) is 8.15. The summed E-state index contributed by atoms with van der Waals surface area (Å²) in [5.41, 5.74) is 0.893. The van der Waals surface area contributed by atoms with Gasteiger partial charge >= 0.3 is 0 Å². The highest BCUT2D eigenvalue weighted by Gasteiger charge is 2.23. The first kappa shape index (κ1) is 18.1. The average molecular weight is 331 g/mol. The molecule has 0 fully saturated rings. The quantitative estimate of drug-likeness (QED) is 0.850. The van der Waals surface area contributed by atoms with Crippen LogP contribution in [0.3, 0.4) is 0 Å². The molecule has 1 unspecified atom stereocenters. The van der Waals surface area contributed by atoms with Crippen molar-refractivity contribution in [3.63, 3.8) is 0 Å². The number of hydrogen-bond acceptors (Lipinski definition) is 5. The molecular formula is C18H25N3O3. The van der Waals surface area contributed by atoms with Crippen molar-refractivity contribution >= 4 is 5.91 Å². The monoisotopic (exact) mass is 331 g/mol. The largest absolute Gasteiger partial charge is 0.396 e. The van der Waals surface area contributed by atoms with Crippen molar-refractivity contribution in [3.8, 4) is 11.5 Å². The molecule has 0 bridgehead atoms. The zero-order valence-electron chi connectivity index (χ0n) is 14.7. The minimum absolute atomic E-state index is 0.116. The summed E-state index contributed by atoms with van der Waals surface area (Å²) in [5, 5.41) is 15.8. The molecule has 0 saturated heterocycles. The third-order valence-corrected chi connectivity index (χ3v) is 3.73. The van der Waals surface area contributed by atoms with Crippen LogP contribution in [0, 0.1) is 5.92 Å². The Labute approximate surface area is 142 Å². The Bertz CT molecular complexity index is 689. The van der Waals surface area contributed by atoms with E-state index < -0.39 is 0 Å². The van der Waals surface area contributed by atoms with Gasteiger partial charge in [0, 0.05) is 18.6 Å². The molecule has 24 heavy (non-hydrogen) atoms. The molecule has 0 aliphatic rings. The minimum Gasteiger partial charge on any atom is -0.396 e. The van der Waals surface area contributed by atoms with Crippen LogP contribution < -0.4 is 5.32 Å². The number of aliphatic hydroxyl groups is 1. The Morgan fingerprint density at radius 2 is 2.04 bits per heavy atom. The van der Waals surface area contributed by atoms with Crippen LogP contribution in [0.4, 0.5) is 0 Å². The van der Waals surface area contributed by atoms with Gasteiger partial charge in [-0.1, -0.05) is 45.0 Å². The van der Waals surface area contributed by atoms with Crippen molar-refractivity contribution in [3.05, 3.63) is 35.7 Å². The summed E-state index contributed by atoms with van der Waals surface area (Å²) in [5.74, 6) is 0.964. The van der Waals surface area contributed by atoms with Gasteiger partial charge in [-0.15, -0.1) is 0 Å². The van der Waals surface area contributed by atoms with Gasteiger partial charge < -0.3 is 14.9 Å². The number of nitrogens with zero attached hydrogens (tertiary/aromatic N) is 2. The Hall–Kier alpha value is -2.21. The maximum absolute atomic E-state index is 12.5. The number of carbonyl (C=O) groups is 1. The van der Waals surface area contributed by atoms with Crippen LogP contribution in [0.2, 0.25) is 0 Å². The lowest BCUT2D eigenvalue weighted by atomic mass is 9.96. The zero-order chi connectivity index (χ0) is 17.7. The highest BCUT2D eigenvalue weighted by molar-refractivity contribution is 5.99. The van der Waals surface area contributed by atoms with Crippen LogP contribution in [0.25, 0.3) is 11.5 Å². The second-order valence-electron chi connectivity index (χ2n) is 7.05. The topological polar surface area (TPSA) is 88.2 Å². The minimum atomic E-state index is -0.224. The van der Waals surface area contributed by atoms with E-state index in [2.05, 4.69) is 15.5 Å². The highest BCUT2D eigenvalue weighted by Crippen LogP contribution is 2.26. The summed E-state index contributed by atoms with van der Waals surface area (Å²) in [6, 6.07) is 7.17. The molecule has 0 radical (unpaired) electrons. The van der Waals surface area contributed by atoms with E-state index in [0.29, 0.717) is 35.8 Å². The van der Waals surface area contributed by atoms with E-state index in [1.165, 1.54) is 0 Å². The fraction of sp³-hybridized carbons (Fsp3) is 0.500. The van der Waals surface area contributed by atoms with E-state index in [-0.39, 0.29) is 23.8 Å². The van der Waals surface area contributed by atoms with E-state index in [0.717, 1.165) is 0 Å². The molecule has 0 aliphatic heterocycles. The number of rotatable bonds is 6. The molecule has 0 saturated carbocycles. The molecule has 2 rings (SSSR count). The third kappa shape index (κ3) is 4.41. The van der Waals surface area contributed by atoms with Gasteiger partial charge in [0.25, 0.3) is 11.8 Å². The summed E-state index contributed by atoms with van der Waals surface area (Å²) < 4.78 is 5.36. The van der Waals surface area contributed by atoms with Gasteiger partial charge in [-0.2, -0.15) is 4.98 Å². The van der Waals surface area contributed by atoms with Crippen molar-refractivity contribution in [2.45, 2.75) is 39.5 Å². The first-order valence-corrected chi connectivity index (χ1v) is 8.15. The normalized spacial score (nSPS) is 12.9. The van der Waals surface area contributed by atoms with Crippen LogP contribution in [0.5, 0.6) is 0 Å². The molecule has 1 atom stereocenters. The highest BCUT2D eigenvalue weighted by atomic mass is 16.5. The number of aliphatic hydroxyl groups excluding tert-OH is 1. The van der Waals surface area contributed by atoms with Crippen molar-refractivity contribution in [2.24, 2.45) is 5.92 Å². The molecule has 1 amide bonds. The average Bonchev–Trinajstić information content (AvgIpc) is 3.03. The molecule has 0 spiro atoms. The van der Waals surface area contributed by atoms with Gasteiger partial charge in [-0.05, 0) is 24.5 Å². The van der Waals surface area contributed by atoms with Crippen molar-refractivity contribution in [2.75, 3.05) is 13.2 Å². The van der Waals surface area contributed by atoms with Gasteiger partial charge in [0.05, 0.1) is 11.1 Å². The maximum atomic E-state index is 12.5. The van der Waals surface area contributed by atoms with Gasteiger partial charge in [0.2, 0.25) is 0 Å². The lowest BCUT2D eigenvalue weighted by molar-refractivity contribution is 0.0946. The number of benzene rings is 1. The Kier molecular flexibility index (Phi) is 5.72. The van der Waals surface area contributed by atoms with Gasteiger partial charge in [-0.25, -0.2) is 0 Å². The molecule has 1 aromatic heterocycles. The maximum Gasteiger partial charge on any atom is 0.258 e. The molecule has 2 N–H and O–H groups in total. The summed E-state index contributed by atoms with van der Waals surface area (Å²) >= 11 is 0. The fourth-order valence-electron chi connectivity index (χ4n) is 2.19. The summed E-state index contributed by atoms with van der Waals surface area (Å²) in [7, 11) is 0. The SMILES string of the molecule is CC(CCO)CNC(=O)c1ccccc1-c1nc(C(C)(C)C)no1. The van der Waals surface area contributed by atoms with E-state index in [1.807, 2.05) is 33.8 Å².